The maximum atomic E-state index is 5.52. The Morgan fingerprint density at radius 3 is 2.90 bits per heavy atom. The van der Waals surface area contributed by atoms with Gasteiger partial charge in [0, 0.05) is 24.8 Å². The molecule has 0 spiro atoms. The van der Waals surface area contributed by atoms with Crippen LogP contribution in [0.1, 0.15) is 39.0 Å². The molecule has 0 radical (unpaired) electrons. The van der Waals surface area contributed by atoms with Gasteiger partial charge in [-0.2, -0.15) is 0 Å². The molecular formula is C16H27N3O. The predicted octanol–water partition coefficient (Wildman–Crippen LogP) is 2.37. The minimum atomic E-state index is 0.397. The van der Waals surface area contributed by atoms with E-state index in [0.29, 0.717) is 12.1 Å². The molecule has 1 aromatic heterocycles. The summed E-state index contributed by atoms with van der Waals surface area (Å²) in [6.07, 6.45) is 0.973. The number of aryl methyl sites for hydroxylation is 1. The van der Waals surface area contributed by atoms with Crippen LogP contribution in [-0.2, 0) is 17.7 Å². The second kappa shape index (κ2) is 7.04. The van der Waals surface area contributed by atoms with Crippen molar-refractivity contribution >= 4 is 5.82 Å². The van der Waals surface area contributed by atoms with Crippen LogP contribution in [0.5, 0.6) is 0 Å². The van der Waals surface area contributed by atoms with Gasteiger partial charge in [0.15, 0.2) is 0 Å². The molecule has 1 saturated heterocycles. The molecule has 0 saturated carbocycles. The van der Waals surface area contributed by atoms with Gasteiger partial charge in [-0.25, -0.2) is 4.98 Å². The van der Waals surface area contributed by atoms with Crippen LogP contribution in [0.25, 0.3) is 0 Å². The quantitative estimate of drug-likeness (QED) is 0.896. The molecule has 2 rings (SSSR count). The van der Waals surface area contributed by atoms with E-state index in [2.05, 4.69) is 50.0 Å². The summed E-state index contributed by atoms with van der Waals surface area (Å²) in [5, 5.41) is 3.48. The Kier molecular flexibility index (Phi) is 5.38. The molecule has 1 N–H and O–H groups in total. The third-order valence-electron chi connectivity index (χ3n) is 3.66. The monoisotopic (exact) mass is 277 g/mol. The van der Waals surface area contributed by atoms with E-state index in [-0.39, 0.29) is 0 Å². The number of rotatable bonds is 5. The van der Waals surface area contributed by atoms with Gasteiger partial charge in [-0.3, -0.25) is 0 Å². The highest BCUT2D eigenvalue weighted by Gasteiger charge is 2.20. The molecule has 1 aromatic rings. The topological polar surface area (TPSA) is 37.4 Å². The van der Waals surface area contributed by atoms with Crippen LogP contribution in [0.4, 0.5) is 5.82 Å². The lowest BCUT2D eigenvalue weighted by atomic mass is 10.1. The summed E-state index contributed by atoms with van der Waals surface area (Å²) in [4.78, 5) is 7.16. The van der Waals surface area contributed by atoms with Gasteiger partial charge >= 0.3 is 0 Å². The average molecular weight is 277 g/mol. The van der Waals surface area contributed by atoms with Crippen molar-refractivity contribution in [1.29, 1.82) is 0 Å². The lowest BCUT2D eigenvalue weighted by Crippen LogP contribution is -2.44. The molecule has 112 valence electrons. The van der Waals surface area contributed by atoms with Gasteiger partial charge in [0.2, 0.25) is 0 Å². The minimum absolute atomic E-state index is 0.397. The summed E-state index contributed by atoms with van der Waals surface area (Å²) < 4.78 is 5.52. The van der Waals surface area contributed by atoms with Crippen LogP contribution in [0.3, 0.4) is 0 Å². The summed E-state index contributed by atoms with van der Waals surface area (Å²) in [6.45, 7) is 12.1. The molecule has 1 aliphatic heterocycles. The van der Waals surface area contributed by atoms with Gasteiger partial charge in [-0.05, 0) is 31.0 Å². The largest absolute Gasteiger partial charge is 0.377 e. The van der Waals surface area contributed by atoms with Crippen molar-refractivity contribution < 1.29 is 4.74 Å². The van der Waals surface area contributed by atoms with E-state index in [1.54, 1.807) is 0 Å². The van der Waals surface area contributed by atoms with E-state index < -0.39 is 0 Å². The third-order valence-corrected chi connectivity index (χ3v) is 3.66. The number of morpholine rings is 1. The highest BCUT2D eigenvalue weighted by molar-refractivity contribution is 5.44. The number of aromatic nitrogens is 1. The van der Waals surface area contributed by atoms with E-state index in [1.165, 1.54) is 11.3 Å². The fourth-order valence-electron chi connectivity index (χ4n) is 2.45. The Morgan fingerprint density at radius 1 is 1.45 bits per heavy atom. The summed E-state index contributed by atoms with van der Waals surface area (Å²) >= 11 is 0. The Balaban J connectivity index is 2.20. The number of hydrogen-bond acceptors (Lipinski definition) is 4. The van der Waals surface area contributed by atoms with Crippen LogP contribution in [0.15, 0.2) is 12.1 Å². The lowest BCUT2D eigenvalue weighted by Gasteiger charge is -2.34. The van der Waals surface area contributed by atoms with Crippen molar-refractivity contribution in [1.82, 2.24) is 10.3 Å². The van der Waals surface area contributed by atoms with Crippen LogP contribution in [0, 0.1) is 0 Å². The molecule has 20 heavy (non-hydrogen) atoms. The van der Waals surface area contributed by atoms with Crippen molar-refractivity contribution in [2.24, 2.45) is 0 Å². The second-order valence-corrected chi connectivity index (χ2v) is 5.83. The summed E-state index contributed by atoms with van der Waals surface area (Å²) in [7, 11) is 0. The second-order valence-electron chi connectivity index (χ2n) is 5.83. The molecule has 0 aliphatic carbocycles. The molecule has 0 bridgehead atoms. The van der Waals surface area contributed by atoms with E-state index >= 15 is 0 Å². The van der Waals surface area contributed by atoms with E-state index in [0.717, 1.165) is 38.5 Å². The molecule has 0 aromatic carbocycles. The van der Waals surface area contributed by atoms with Crippen molar-refractivity contribution in [3.05, 3.63) is 23.4 Å². The SMILES string of the molecule is CCc1cc(CNC(C)C)cc(N2CCOCC2C)n1. The number of hydrogen-bond donors (Lipinski definition) is 1. The summed E-state index contributed by atoms with van der Waals surface area (Å²) in [5.74, 6) is 1.10. The molecular weight excluding hydrogens is 250 g/mol. The first-order valence-corrected chi connectivity index (χ1v) is 7.67. The molecule has 1 unspecified atom stereocenters. The van der Waals surface area contributed by atoms with Gasteiger partial charge in [0.25, 0.3) is 0 Å². The van der Waals surface area contributed by atoms with Crippen molar-refractivity contribution in [2.75, 3.05) is 24.7 Å². The van der Waals surface area contributed by atoms with Crippen molar-refractivity contribution in [3.63, 3.8) is 0 Å². The summed E-state index contributed by atoms with van der Waals surface area (Å²) in [5.41, 5.74) is 2.49. The maximum absolute atomic E-state index is 5.52. The normalized spacial score (nSPS) is 19.6. The molecule has 2 heterocycles. The summed E-state index contributed by atoms with van der Waals surface area (Å²) in [6, 6.07) is 5.33. The fourth-order valence-corrected chi connectivity index (χ4v) is 2.45. The molecule has 1 fully saturated rings. The maximum Gasteiger partial charge on any atom is 0.129 e. The smallest absolute Gasteiger partial charge is 0.129 e. The lowest BCUT2D eigenvalue weighted by molar-refractivity contribution is 0.0985. The van der Waals surface area contributed by atoms with Gasteiger partial charge in [0.05, 0.1) is 19.3 Å². The fraction of sp³-hybridized carbons (Fsp3) is 0.688. The van der Waals surface area contributed by atoms with Gasteiger partial charge < -0.3 is 15.0 Å². The molecule has 0 amide bonds. The van der Waals surface area contributed by atoms with Crippen molar-refractivity contribution in [3.8, 4) is 0 Å². The first kappa shape index (κ1) is 15.3. The number of pyridine rings is 1. The van der Waals surface area contributed by atoms with Crippen molar-refractivity contribution in [2.45, 2.75) is 52.7 Å². The van der Waals surface area contributed by atoms with Gasteiger partial charge in [-0.1, -0.05) is 20.8 Å². The third kappa shape index (κ3) is 3.93. The highest BCUT2D eigenvalue weighted by atomic mass is 16.5. The molecule has 1 aliphatic rings. The van der Waals surface area contributed by atoms with Crippen LogP contribution in [-0.4, -0.2) is 36.8 Å². The Labute approximate surface area is 122 Å². The standard InChI is InChI=1S/C16H27N3O/c1-5-15-8-14(10-17-12(2)3)9-16(18-15)19-6-7-20-11-13(19)4/h8-9,12-13,17H,5-7,10-11H2,1-4H3. The van der Waals surface area contributed by atoms with E-state index in [9.17, 15) is 0 Å². The Bertz CT molecular complexity index is 434. The van der Waals surface area contributed by atoms with Crippen LogP contribution < -0.4 is 10.2 Å². The number of nitrogens with one attached hydrogen (secondary N) is 1. The predicted molar refractivity (Wildman–Crippen MR) is 83.2 cm³/mol. The van der Waals surface area contributed by atoms with Crippen LogP contribution in [0.2, 0.25) is 0 Å². The zero-order chi connectivity index (χ0) is 14.5. The first-order valence-electron chi connectivity index (χ1n) is 7.67. The number of anilines is 1. The molecule has 4 nitrogen and oxygen atoms in total. The Hall–Kier alpha value is -1.13. The highest BCUT2D eigenvalue weighted by Crippen LogP contribution is 2.20. The number of ether oxygens (including phenoxy) is 1. The average Bonchev–Trinajstić information content (AvgIpc) is 2.45. The molecule has 1 atom stereocenters. The Morgan fingerprint density at radius 2 is 2.25 bits per heavy atom. The van der Waals surface area contributed by atoms with Gasteiger partial charge in [-0.15, -0.1) is 0 Å². The number of nitrogens with zero attached hydrogens (tertiary/aromatic N) is 2. The van der Waals surface area contributed by atoms with E-state index in [4.69, 9.17) is 9.72 Å². The van der Waals surface area contributed by atoms with E-state index in [1.807, 2.05) is 0 Å². The van der Waals surface area contributed by atoms with Gasteiger partial charge in [0.1, 0.15) is 5.82 Å². The zero-order valence-corrected chi connectivity index (χ0v) is 13.1. The molecule has 4 heteroatoms. The minimum Gasteiger partial charge on any atom is -0.377 e. The first-order chi connectivity index (χ1) is 9.60. The van der Waals surface area contributed by atoms with Crippen LogP contribution >= 0.6 is 0 Å². The zero-order valence-electron chi connectivity index (χ0n) is 13.1.